The normalized spacial score (nSPS) is 18.9. The molecule has 29 heavy (non-hydrogen) atoms. The standard InChI is InChI=1S/C21H25ClN4O3/c1-28-17-10-14-7-9-26(13-16(14)11-18(17)29-2)21(27)15-4-3-8-25(12-15)20-6-5-19(22)23-24-20/h5-6,10-11,15H,3-4,7-9,12-13H2,1-2H3. The van der Waals surface area contributed by atoms with Crippen molar-refractivity contribution in [3.8, 4) is 11.5 Å². The lowest BCUT2D eigenvalue weighted by molar-refractivity contribution is -0.136. The zero-order valence-electron chi connectivity index (χ0n) is 16.7. The number of halogens is 1. The first-order valence-electron chi connectivity index (χ1n) is 9.85. The third-order valence-corrected chi connectivity index (χ3v) is 5.94. The fraction of sp³-hybridized carbons (Fsp3) is 0.476. The molecule has 8 heteroatoms. The zero-order chi connectivity index (χ0) is 20.4. The van der Waals surface area contributed by atoms with Gasteiger partial charge in [0.15, 0.2) is 22.5 Å². The van der Waals surface area contributed by atoms with Crippen molar-refractivity contribution in [2.75, 3.05) is 38.8 Å². The maximum atomic E-state index is 13.3. The van der Waals surface area contributed by atoms with Crippen molar-refractivity contribution in [3.05, 3.63) is 40.5 Å². The lowest BCUT2D eigenvalue weighted by Crippen LogP contribution is -2.46. The summed E-state index contributed by atoms with van der Waals surface area (Å²) in [6.45, 7) is 2.86. The average Bonchev–Trinajstić information content (AvgIpc) is 2.77. The monoisotopic (exact) mass is 416 g/mol. The van der Waals surface area contributed by atoms with Crippen LogP contribution in [0.4, 0.5) is 5.82 Å². The van der Waals surface area contributed by atoms with Gasteiger partial charge < -0.3 is 19.3 Å². The summed E-state index contributed by atoms with van der Waals surface area (Å²) >= 11 is 5.84. The summed E-state index contributed by atoms with van der Waals surface area (Å²) < 4.78 is 10.8. The van der Waals surface area contributed by atoms with Gasteiger partial charge in [0.2, 0.25) is 5.91 Å². The van der Waals surface area contributed by atoms with E-state index in [1.54, 1.807) is 20.3 Å². The molecule has 2 aliphatic rings. The smallest absolute Gasteiger partial charge is 0.227 e. The van der Waals surface area contributed by atoms with Crippen LogP contribution in [0.5, 0.6) is 11.5 Å². The molecule has 1 unspecified atom stereocenters. The van der Waals surface area contributed by atoms with E-state index in [1.165, 1.54) is 5.56 Å². The Bertz CT molecular complexity index is 890. The first-order valence-corrected chi connectivity index (χ1v) is 10.2. The minimum absolute atomic E-state index is 0.0390. The summed E-state index contributed by atoms with van der Waals surface area (Å²) in [5.74, 6) is 2.37. The molecular weight excluding hydrogens is 392 g/mol. The number of carbonyl (C=O) groups excluding carboxylic acids is 1. The van der Waals surface area contributed by atoms with E-state index in [1.807, 2.05) is 23.1 Å². The number of piperidine rings is 1. The van der Waals surface area contributed by atoms with Crippen molar-refractivity contribution >= 4 is 23.3 Å². The second kappa shape index (κ2) is 8.45. The van der Waals surface area contributed by atoms with E-state index in [9.17, 15) is 4.79 Å². The molecular formula is C21H25ClN4O3. The third-order valence-electron chi connectivity index (χ3n) is 5.74. The second-order valence-corrected chi connectivity index (χ2v) is 7.87. The fourth-order valence-corrected chi connectivity index (χ4v) is 4.29. The minimum Gasteiger partial charge on any atom is -0.493 e. The van der Waals surface area contributed by atoms with Crippen LogP contribution in [0.3, 0.4) is 0 Å². The summed E-state index contributed by atoms with van der Waals surface area (Å²) in [5, 5.41) is 8.47. The SMILES string of the molecule is COc1cc2c(cc1OC)CN(C(=O)C1CCCN(c3ccc(Cl)nn3)C1)CC2. The average molecular weight is 417 g/mol. The number of ether oxygens (including phenoxy) is 2. The molecule has 2 aromatic rings. The summed E-state index contributed by atoms with van der Waals surface area (Å²) in [6.07, 6.45) is 2.67. The van der Waals surface area contributed by atoms with Crippen LogP contribution in [0, 0.1) is 5.92 Å². The largest absolute Gasteiger partial charge is 0.493 e. The molecule has 0 aliphatic carbocycles. The van der Waals surface area contributed by atoms with Crippen molar-refractivity contribution < 1.29 is 14.3 Å². The van der Waals surface area contributed by atoms with Crippen molar-refractivity contribution in [1.29, 1.82) is 0 Å². The van der Waals surface area contributed by atoms with Crippen molar-refractivity contribution in [2.24, 2.45) is 5.92 Å². The number of rotatable bonds is 4. The summed E-state index contributed by atoms with van der Waals surface area (Å²) in [4.78, 5) is 17.4. The summed E-state index contributed by atoms with van der Waals surface area (Å²) in [6, 6.07) is 7.61. The van der Waals surface area contributed by atoms with E-state index >= 15 is 0 Å². The third kappa shape index (κ3) is 4.10. The van der Waals surface area contributed by atoms with Crippen LogP contribution in [-0.2, 0) is 17.8 Å². The fourth-order valence-electron chi connectivity index (χ4n) is 4.19. The molecule has 0 radical (unpaired) electrons. The Hall–Kier alpha value is -2.54. The van der Waals surface area contributed by atoms with Gasteiger partial charge in [-0.25, -0.2) is 0 Å². The molecule has 0 saturated carbocycles. The van der Waals surface area contributed by atoms with Crippen LogP contribution < -0.4 is 14.4 Å². The van der Waals surface area contributed by atoms with Crippen LogP contribution in [0.1, 0.15) is 24.0 Å². The maximum Gasteiger partial charge on any atom is 0.227 e. The van der Waals surface area contributed by atoms with E-state index in [4.69, 9.17) is 21.1 Å². The van der Waals surface area contributed by atoms with Crippen molar-refractivity contribution in [3.63, 3.8) is 0 Å². The highest BCUT2D eigenvalue weighted by atomic mass is 35.5. The van der Waals surface area contributed by atoms with Gasteiger partial charge in [0, 0.05) is 26.2 Å². The Morgan fingerprint density at radius 1 is 1.10 bits per heavy atom. The minimum atomic E-state index is -0.0390. The predicted molar refractivity (Wildman–Crippen MR) is 111 cm³/mol. The van der Waals surface area contributed by atoms with E-state index in [0.29, 0.717) is 24.0 Å². The van der Waals surface area contributed by atoms with Gasteiger partial charge in [-0.05, 0) is 54.7 Å². The summed E-state index contributed by atoms with van der Waals surface area (Å²) in [5.41, 5.74) is 2.34. The van der Waals surface area contributed by atoms with E-state index in [-0.39, 0.29) is 11.8 Å². The van der Waals surface area contributed by atoms with Gasteiger partial charge in [-0.3, -0.25) is 4.79 Å². The predicted octanol–water partition coefficient (Wildman–Crippen LogP) is 2.95. The topological polar surface area (TPSA) is 67.8 Å². The number of benzene rings is 1. The van der Waals surface area contributed by atoms with Gasteiger partial charge in [-0.1, -0.05) is 11.6 Å². The Morgan fingerprint density at radius 3 is 2.55 bits per heavy atom. The Balaban J connectivity index is 1.46. The second-order valence-electron chi connectivity index (χ2n) is 7.49. The van der Waals surface area contributed by atoms with E-state index in [2.05, 4.69) is 15.1 Å². The first kappa shape index (κ1) is 19.8. The van der Waals surface area contributed by atoms with Gasteiger partial charge >= 0.3 is 0 Å². The van der Waals surface area contributed by atoms with Crippen LogP contribution in [0.2, 0.25) is 5.15 Å². The first-order chi connectivity index (χ1) is 14.1. The molecule has 0 bridgehead atoms. The zero-order valence-corrected chi connectivity index (χ0v) is 17.5. The highest BCUT2D eigenvalue weighted by molar-refractivity contribution is 6.29. The lowest BCUT2D eigenvalue weighted by atomic mass is 9.93. The number of amides is 1. The number of hydrogen-bond acceptors (Lipinski definition) is 6. The van der Waals surface area contributed by atoms with Gasteiger partial charge in [-0.15, -0.1) is 10.2 Å². The molecule has 1 saturated heterocycles. The quantitative estimate of drug-likeness (QED) is 0.763. The van der Waals surface area contributed by atoms with E-state index < -0.39 is 0 Å². The van der Waals surface area contributed by atoms with Gasteiger partial charge in [-0.2, -0.15) is 0 Å². The molecule has 0 N–H and O–H groups in total. The van der Waals surface area contributed by atoms with Gasteiger partial charge in [0.1, 0.15) is 0 Å². The Morgan fingerprint density at radius 2 is 1.86 bits per heavy atom. The Labute approximate surface area is 175 Å². The van der Waals surface area contributed by atoms with Crippen LogP contribution >= 0.6 is 11.6 Å². The van der Waals surface area contributed by atoms with Crippen molar-refractivity contribution in [2.45, 2.75) is 25.8 Å². The molecule has 1 atom stereocenters. The number of nitrogens with zero attached hydrogens (tertiary/aromatic N) is 4. The Kier molecular flexibility index (Phi) is 5.76. The number of anilines is 1. The molecule has 2 aliphatic heterocycles. The van der Waals surface area contributed by atoms with E-state index in [0.717, 1.165) is 49.5 Å². The lowest BCUT2D eigenvalue weighted by Gasteiger charge is -2.37. The van der Waals surface area contributed by atoms with Crippen LogP contribution in [0.25, 0.3) is 0 Å². The molecule has 154 valence electrons. The number of carbonyl (C=O) groups is 1. The molecule has 3 heterocycles. The number of aromatic nitrogens is 2. The molecule has 0 spiro atoms. The number of methoxy groups -OCH3 is 2. The van der Waals surface area contributed by atoms with Crippen LogP contribution in [-0.4, -0.2) is 54.9 Å². The van der Waals surface area contributed by atoms with Crippen molar-refractivity contribution in [1.82, 2.24) is 15.1 Å². The summed E-state index contributed by atoms with van der Waals surface area (Å²) in [7, 11) is 3.27. The molecule has 4 rings (SSSR count). The van der Waals surface area contributed by atoms with Gasteiger partial charge in [0.25, 0.3) is 0 Å². The van der Waals surface area contributed by atoms with Crippen LogP contribution in [0.15, 0.2) is 24.3 Å². The molecule has 1 amide bonds. The van der Waals surface area contributed by atoms with Gasteiger partial charge in [0.05, 0.1) is 20.1 Å². The molecule has 1 aromatic carbocycles. The highest BCUT2D eigenvalue weighted by Crippen LogP contribution is 2.34. The maximum absolute atomic E-state index is 13.3. The number of hydrogen-bond donors (Lipinski definition) is 0. The molecule has 1 aromatic heterocycles. The molecule has 7 nitrogen and oxygen atoms in total. The highest BCUT2D eigenvalue weighted by Gasteiger charge is 2.32. The molecule has 1 fully saturated rings. The number of fused-ring (bicyclic) bond motifs is 1.